The summed E-state index contributed by atoms with van der Waals surface area (Å²) in [6.45, 7) is 13.1. The normalized spacial score (nSPS) is 11.9. The topological polar surface area (TPSA) is 16.4 Å². The second-order valence-corrected chi connectivity index (χ2v) is 7.08. The van der Waals surface area contributed by atoms with Crippen molar-refractivity contribution in [2.45, 2.75) is 41.0 Å². The highest BCUT2D eigenvalue weighted by Crippen LogP contribution is 2.29. The van der Waals surface area contributed by atoms with Gasteiger partial charge in [-0.2, -0.15) is 0 Å². The van der Waals surface area contributed by atoms with Gasteiger partial charge in [0, 0.05) is 30.2 Å². The van der Waals surface area contributed by atoms with Gasteiger partial charge < -0.3 is 9.32 Å². The van der Waals surface area contributed by atoms with Gasteiger partial charge in [0.25, 0.3) is 0 Å². The minimum absolute atomic E-state index is 0.230. The Kier molecular flexibility index (Phi) is 4.72. The number of anilines is 1. The molecule has 0 saturated carbocycles. The van der Waals surface area contributed by atoms with E-state index in [1.54, 1.807) is 0 Å². The van der Waals surface area contributed by atoms with Crippen molar-refractivity contribution in [1.29, 1.82) is 0 Å². The fraction of sp³-hybridized carbons (Fsp3) is 0.500. The standard InChI is InChI=1S/C18H25NOS/c1-6-19(7-2)14-8-9-15-13(12-18(3,4)5)10-17(21)20-16(15)11-14/h8-11H,6-7,12H2,1-5H3. The number of hydrogen-bond donors (Lipinski definition) is 0. The zero-order valence-electron chi connectivity index (χ0n) is 13.7. The number of hydrogen-bond acceptors (Lipinski definition) is 3. The molecule has 2 nitrogen and oxygen atoms in total. The third kappa shape index (κ3) is 3.85. The van der Waals surface area contributed by atoms with Crippen molar-refractivity contribution in [2.24, 2.45) is 5.41 Å². The average Bonchev–Trinajstić information content (AvgIpc) is 2.37. The Bertz CT molecular complexity index is 678. The SMILES string of the molecule is CCN(CC)c1ccc2c(CC(C)(C)C)cc(=S)oc2c1. The summed E-state index contributed by atoms with van der Waals surface area (Å²) in [4.78, 5) is 2.31. The molecule has 2 rings (SSSR count). The molecule has 21 heavy (non-hydrogen) atoms. The zero-order chi connectivity index (χ0) is 15.6. The van der Waals surface area contributed by atoms with Gasteiger partial charge in [-0.15, -0.1) is 0 Å². The van der Waals surface area contributed by atoms with Gasteiger partial charge in [0.15, 0.2) is 4.71 Å². The predicted molar refractivity (Wildman–Crippen MR) is 93.8 cm³/mol. The third-order valence-corrected chi connectivity index (χ3v) is 3.86. The Morgan fingerprint density at radius 2 is 1.76 bits per heavy atom. The molecule has 0 N–H and O–H groups in total. The summed E-state index contributed by atoms with van der Waals surface area (Å²) in [6.07, 6.45) is 0.994. The quantitative estimate of drug-likeness (QED) is 0.684. The van der Waals surface area contributed by atoms with E-state index in [9.17, 15) is 0 Å². The maximum absolute atomic E-state index is 5.78. The Balaban J connectivity index is 2.56. The first-order valence-electron chi connectivity index (χ1n) is 7.66. The monoisotopic (exact) mass is 303 g/mol. The summed E-state index contributed by atoms with van der Waals surface area (Å²) in [7, 11) is 0. The summed E-state index contributed by atoms with van der Waals surface area (Å²) in [6, 6.07) is 8.46. The fourth-order valence-electron chi connectivity index (χ4n) is 2.72. The van der Waals surface area contributed by atoms with Crippen molar-refractivity contribution in [3.05, 3.63) is 34.5 Å². The maximum atomic E-state index is 5.78. The van der Waals surface area contributed by atoms with Crippen molar-refractivity contribution < 1.29 is 4.42 Å². The van der Waals surface area contributed by atoms with E-state index in [2.05, 4.69) is 57.7 Å². The van der Waals surface area contributed by atoms with Crippen molar-refractivity contribution in [3.8, 4) is 0 Å². The molecule has 0 aliphatic heterocycles. The van der Waals surface area contributed by atoms with E-state index in [4.69, 9.17) is 16.6 Å². The molecule has 0 atom stereocenters. The van der Waals surface area contributed by atoms with Crippen LogP contribution in [0.1, 0.15) is 40.2 Å². The lowest BCUT2D eigenvalue weighted by Gasteiger charge is -2.22. The van der Waals surface area contributed by atoms with Crippen LogP contribution in [-0.4, -0.2) is 13.1 Å². The van der Waals surface area contributed by atoms with E-state index < -0.39 is 0 Å². The van der Waals surface area contributed by atoms with Crippen LogP contribution < -0.4 is 4.90 Å². The second-order valence-electron chi connectivity index (χ2n) is 6.68. The van der Waals surface area contributed by atoms with E-state index in [0.29, 0.717) is 4.71 Å². The Labute approximate surface area is 132 Å². The maximum Gasteiger partial charge on any atom is 0.191 e. The van der Waals surface area contributed by atoms with E-state index in [1.807, 2.05) is 6.07 Å². The van der Waals surface area contributed by atoms with Gasteiger partial charge in [-0.3, -0.25) is 0 Å². The first kappa shape index (κ1) is 16.0. The molecular weight excluding hydrogens is 278 g/mol. The molecule has 0 saturated heterocycles. The van der Waals surface area contributed by atoms with Gasteiger partial charge in [-0.1, -0.05) is 20.8 Å². The molecule has 0 spiro atoms. The van der Waals surface area contributed by atoms with Gasteiger partial charge in [0.1, 0.15) is 5.58 Å². The average molecular weight is 303 g/mol. The molecule has 0 radical (unpaired) electrons. The molecule has 0 unspecified atom stereocenters. The molecule has 2 aromatic rings. The highest BCUT2D eigenvalue weighted by Gasteiger charge is 2.15. The largest absolute Gasteiger partial charge is 0.445 e. The first-order valence-corrected chi connectivity index (χ1v) is 8.06. The summed E-state index contributed by atoms with van der Waals surface area (Å²) in [5.74, 6) is 0. The summed E-state index contributed by atoms with van der Waals surface area (Å²) in [5, 5.41) is 1.18. The molecule has 0 aliphatic rings. The lowest BCUT2D eigenvalue weighted by atomic mass is 9.87. The van der Waals surface area contributed by atoms with Crippen LogP contribution in [0.4, 0.5) is 5.69 Å². The van der Waals surface area contributed by atoms with Gasteiger partial charge in [0.05, 0.1) is 0 Å². The minimum Gasteiger partial charge on any atom is -0.445 e. The highest BCUT2D eigenvalue weighted by molar-refractivity contribution is 7.71. The molecule has 114 valence electrons. The predicted octanol–water partition coefficient (Wildman–Crippen LogP) is 5.60. The van der Waals surface area contributed by atoms with Crippen LogP contribution in [0.2, 0.25) is 0 Å². The highest BCUT2D eigenvalue weighted by atomic mass is 32.1. The summed E-state index contributed by atoms with van der Waals surface area (Å²) in [5.41, 5.74) is 3.60. The van der Waals surface area contributed by atoms with Crippen LogP contribution in [0, 0.1) is 10.1 Å². The van der Waals surface area contributed by atoms with Crippen LogP contribution in [0.25, 0.3) is 11.0 Å². The lowest BCUT2D eigenvalue weighted by Crippen LogP contribution is -2.21. The van der Waals surface area contributed by atoms with Crippen LogP contribution in [0.5, 0.6) is 0 Å². The van der Waals surface area contributed by atoms with Crippen LogP contribution in [0.3, 0.4) is 0 Å². The van der Waals surface area contributed by atoms with E-state index in [0.717, 1.165) is 25.1 Å². The Morgan fingerprint density at radius 3 is 2.33 bits per heavy atom. The van der Waals surface area contributed by atoms with Crippen molar-refractivity contribution in [3.63, 3.8) is 0 Å². The molecule has 1 aromatic heterocycles. The second kappa shape index (κ2) is 6.18. The zero-order valence-corrected chi connectivity index (χ0v) is 14.5. The lowest BCUT2D eigenvalue weighted by molar-refractivity contribution is 0.411. The van der Waals surface area contributed by atoms with Crippen molar-refractivity contribution in [1.82, 2.24) is 0 Å². The molecule has 0 amide bonds. The Hall–Kier alpha value is -1.35. The van der Waals surface area contributed by atoms with Crippen molar-refractivity contribution >= 4 is 28.9 Å². The first-order chi connectivity index (χ1) is 9.84. The van der Waals surface area contributed by atoms with E-state index in [1.165, 1.54) is 16.6 Å². The van der Waals surface area contributed by atoms with E-state index in [-0.39, 0.29) is 5.41 Å². The molecule has 3 heteroatoms. The molecular formula is C18H25NOS. The number of fused-ring (bicyclic) bond motifs is 1. The summed E-state index contributed by atoms with van der Waals surface area (Å²) < 4.78 is 6.35. The number of rotatable bonds is 4. The van der Waals surface area contributed by atoms with Gasteiger partial charge in [-0.25, -0.2) is 0 Å². The van der Waals surface area contributed by atoms with E-state index >= 15 is 0 Å². The smallest absolute Gasteiger partial charge is 0.191 e. The third-order valence-electron chi connectivity index (χ3n) is 3.66. The van der Waals surface area contributed by atoms with Crippen molar-refractivity contribution in [2.75, 3.05) is 18.0 Å². The number of benzene rings is 1. The molecule has 1 heterocycles. The Morgan fingerprint density at radius 1 is 1.10 bits per heavy atom. The fourth-order valence-corrected chi connectivity index (χ4v) is 2.95. The van der Waals surface area contributed by atoms with Gasteiger partial charge >= 0.3 is 0 Å². The molecule has 0 bridgehead atoms. The van der Waals surface area contributed by atoms with Gasteiger partial charge in [0.2, 0.25) is 0 Å². The van der Waals surface area contributed by atoms with Crippen LogP contribution >= 0.6 is 12.2 Å². The van der Waals surface area contributed by atoms with Gasteiger partial charge in [-0.05, 0) is 61.7 Å². The molecule has 1 aromatic carbocycles. The minimum atomic E-state index is 0.230. The molecule has 0 fully saturated rings. The number of nitrogens with zero attached hydrogens (tertiary/aromatic N) is 1. The van der Waals surface area contributed by atoms with Crippen LogP contribution in [0.15, 0.2) is 28.7 Å². The van der Waals surface area contributed by atoms with Crippen LogP contribution in [-0.2, 0) is 6.42 Å². The molecule has 0 aliphatic carbocycles. The summed E-state index contributed by atoms with van der Waals surface area (Å²) >= 11 is 5.30.